The summed E-state index contributed by atoms with van der Waals surface area (Å²) in [5.74, 6) is -0.615. The average Bonchev–Trinajstić information content (AvgIpc) is 3.09. The molecule has 2 aromatic heterocycles. The second-order valence-electron chi connectivity index (χ2n) is 6.07. The van der Waals surface area contributed by atoms with Crippen molar-refractivity contribution in [3.05, 3.63) is 64.8 Å². The largest absolute Gasteiger partial charge is 0.495 e. The molecule has 4 aromatic rings. The first-order chi connectivity index (χ1) is 14.1. The number of carbonyl (C=O) groups excluding carboxylic acids is 1. The van der Waals surface area contributed by atoms with Crippen LogP contribution in [0.2, 0.25) is 0 Å². The van der Waals surface area contributed by atoms with Gasteiger partial charge in [0.05, 0.1) is 12.8 Å². The van der Waals surface area contributed by atoms with Gasteiger partial charge in [-0.05, 0) is 34.2 Å². The van der Waals surface area contributed by atoms with Gasteiger partial charge in [0, 0.05) is 16.8 Å². The first-order valence-corrected chi connectivity index (χ1v) is 8.58. The molecule has 0 aliphatic carbocycles. The third kappa shape index (κ3) is 3.53. The predicted molar refractivity (Wildman–Crippen MR) is 105 cm³/mol. The summed E-state index contributed by atoms with van der Waals surface area (Å²) in [5.41, 5.74) is 1.71. The van der Waals surface area contributed by atoms with Gasteiger partial charge in [-0.2, -0.15) is 0 Å². The highest BCUT2D eigenvalue weighted by Gasteiger charge is 2.18. The van der Waals surface area contributed by atoms with Crippen LogP contribution in [0.3, 0.4) is 0 Å². The summed E-state index contributed by atoms with van der Waals surface area (Å²) in [4.78, 5) is 26.3. The Bertz CT molecular complexity index is 1230. The molecule has 146 valence electrons. The van der Waals surface area contributed by atoms with Crippen molar-refractivity contribution in [2.24, 2.45) is 0 Å². The third-order valence-electron chi connectivity index (χ3n) is 4.26. The Kier molecular flexibility index (Phi) is 4.70. The Hall–Kier alpha value is -4.14. The number of nitrogens with zero attached hydrogens (tertiary/aromatic N) is 2. The number of hydrogen-bond acceptors (Lipinski definition) is 7. The number of nitro groups is 1. The van der Waals surface area contributed by atoms with Crippen molar-refractivity contribution in [1.29, 1.82) is 0 Å². The van der Waals surface area contributed by atoms with Gasteiger partial charge in [0.15, 0.2) is 6.61 Å². The van der Waals surface area contributed by atoms with Crippen LogP contribution in [0.5, 0.6) is 11.5 Å². The summed E-state index contributed by atoms with van der Waals surface area (Å²) in [5, 5.41) is 15.4. The number of methoxy groups -OCH3 is 1. The molecule has 4 rings (SSSR count). The topological polar surface area (TPSA) is 117 Å². The zero-order valence-corrected chi connectivity index (χ0v) is 15.2. The molecule has 1 N–H and O–H groups in total. The molecule has 0 radical (unpaired) electrons. The van der Waals surface area contributed by atoms with Crippen LogP contribution in [0.15, 0.2) is 59.1 Å². The number of rotatable bonds is 6. The van der Waals surface area contributed by atoms with Crippen LogP contribution in [-0.2, 0) is 4.79 Å². The van der Waals surface area contributed by atoms with Crippen molar-refractivity contribution in [2.75, 3.05) is 19.0 Å². The van der Waals surface area contributed by atoms with E-state index < -0.39 is 23.3 Å². The minimum Gasteiger partial charge on any atom is -0.495 e. The van der Waals surface area contributed by atoms with Crippen LogP contribution in [0.25, 0.3) is 21.9 Å². The molecule has 2 heterocycles. The van der Waals surface area contributed by atoms with Gasteiger partial charge in [-0.1, -0.05) is 18.2 Å². The first kappa shape index (κ1) is 18.2. The van der Waals surface area contributed by atoms with Crippen LogP contribution in [0.4, 0.5) is 11.5 Å². The molecule has 2 aromatic carbocycles. The van der Waals surface area contributed by atoms with E-state index in [4.69, 9.17) is 13.9 Å². The van der Waals surface area contributed by atoms with Crippen LogP contribution in [0, 0.1) is 10.1 Å². The van der Waals surface area contributed by atoms with E-state index in [0.717, 1.165) is 16.4 Å². The fourth-order valence-electron chi connectivity index (χ4n) is 2.98. The molecular weight excluding hydrogens is 378 g/mol. The monoisotopic (exact) mass is 393 g/mol. The zero-order chi connectivity index (χ0) is 20.4. The summed E-state index contributed by atoms with van der Waals surface area (Å²) in [7, 11) is 1.49. The van der Waals surface area contributed by atoms with Gasteiger partial charge in [-0.3, -0.25) is 4.79 Å². The molecule has 0 atom stereocenters. The van der Waals surface area contributed by atoms with Crippen LogP contribution in [-0.4, -0.2) is 29.5 Å². The summed E-state index contributed by atoms with van der Waals surface area (Å²) in [6, 6.07) is 13.9. The Balaban J connectivity index is 1.56. The van der Waals surface area contributed by atoms with Crippen molar-refractivity contribution in [2.45, 2.75) is 0 Å². The predicted octanol–water partition coefficient (Wildman–Crippen LogP) is 3.92. The zero-order valence-electron chi connectivity index (χ0n) is 15.2. The molecule has 0 bridgehead atoms. The van der Waals surface area contributed by atoms with Crippen molar-refractivity contribution in [3.63, 3.8) is 0 Å². The van der Waals surface area contributed by atoms with Gasteiger partial charge >= 0.3 is 5.82 Å². The quantitative estimate of drug-likeness (QED) is 0.390. The Labute approximate surface area is 164 Å². The number of hydrogen-bond donors (Lipinski definition) is 1. The summed E-state index contributed by atoms with van der Waals surface area (Å²) >= 11 is 0. The van der Waals surface area contributed by atoms with E-state index in [1.807, 2.05) is 24.3 Å². The van der Waals surface area contributed by atoms with E-state index in [2.05, 4.69) is 10.3 Å². The second kappa shape index (κ2) is 7.47. The number of nitrogens with one attached hydrogen (secondary N) is 1. The number of carbonyl (C=O) groups is 1. The number of pyridine rings is 1. The minimum atomic E-state index is -0.675. The van der Waals surface area contributed by atoms with Crippen LogP contribution >= 0.6 is 0 Å². The van der Waals surface area contributed by atoms with E-state index in [0.29, 0.717) is 17.0 Å². The molecule has 0 unspecified atom stereocenters. The molecule has 9 heteroatoms. The number of benzene rings is 2. The maximum atomic E-state index is 12.3. The van der Waals surface area contributed by atoms with Crippen molar-refractivity contribution in [3.8, 4) is 11.5 Å². The lowest BCUT2D eigenvalue weighted by atomic mass is 10.1. The summed E-state index contributed by atoms with van der Waals surface area (Å²) in [6.07, 6.45) is 1.28. The maximum absolute atomic E-state index is 12.3. The van der Waals surface area contributed by atoms with Gasteiger partial charge in [0.25, 0.3) is 5.91 Å². The Morgan fingerprint density at radius 1 is 1.14 bits per heavy atom. The fraction of sp³-hybridized carbons (Fsp3) is 0.100. The Morgan fingerprint density at radius 3 is 2.76 bits per heavy atom. The number of anilines is 1. The minimum absolute atomic E-state index is 0.0904. The van der Waals surface area contributed by atoms with E-state index in [1.165, 1.54) is 25.4 Å². The van der Waals surface area contributed by atoms with Gasteiger partial charge in [-0.15, -0.1) is 0 Å². The van der Waals surface area contributed by atoms with Crippen molar-refractivity contribution in [1.82, 2.24) is 4.98 Å². The molecule has 0 spiro atoms. The number of fused-ring (bicyclic) bond motifs is 3. The summed E-state index contributed by atoms with van der Waals surface area (Å²) in [6.45, 7) is -0.437. The van der Waals surface area contributed by atoms with E-state index in [1.54, 1.807) is 12.1 Å². The number of aromatic nitrogens is 1. The molecular formula is C20H15N3O6. The number of amides is 1. The van der Waals surface area contributed by atoms with Gasteiger partial charge in [0.1, 0.15) is 23.1 Å². The van der Waals surface area contributed by atoms with Crippen LogP contribution in [0.1, 0.15) is 0 Å². The lowest BCUT2D eigenvalue weighted by molar-refractivity contribution is -0.390. The average molecular weight is 393 g/mol. The van der Waals surface area contributed by atoms with Crippen molar-refractivity contribution < 1.29 is 23.6 Å². The van der Waals surface area contributed by atoms with Crippen LogP contribution < -0.4 is 14.8 Å². The highest BCUT2D eigenvalue weighted by atomic mass is 16.6. The highest BCUT2D eigenvalue weighted by molar-refractivity contribution is 6.07. The highest BCUT2D eigenvalue weighted by Crippen LogP contribution is 2.36. The second-order valence-corrected chi connectivity index (χ2v) is 6.07. The molecule has 0 aliphatic heterocycles. The molecule has 0 aliphatic rings. The molecule has 1 amide bonds. The third-order valence-corrected chi connectivity index (χ3v) is 4.26. The molecule has 0 saturated heterocycles. The lowest BCUT2D eigenvalue weighted by Crippen LogP contribution is -2.21. The normalized spacial score (nSPS) is 10.8. The smallest absolute Gasteiger partial charge is 0.406 e. The van der Waals surface area contributed by atoms with Gasteiger partial charge < -0.3 is 29.3 Å². The molecule has 0 saturated carbocycles. The number of ether oxygens (including phenoxy) is 2. The van der Waals surface area contributed by atoms with Gasteiger partial charge in [-0.25, -0.2) is 0 Å². The van der Waals surface area contributed by atoms with E-state index >= 15 is 0 Å². The maximum Gasteiger partial charge on any atom is 0.406 e. The lowest BCUT2D eigenvalue weighted by Gasteiger charge is -2.11. The first-order valence-electron chi connectivity index (χ1n) is 8.58. The fourth-order valence-corrected chi connectivity index (χ4v) is 2.98. The van der Waals surface area contributed by atoms with E-state index in [-0.39, 0.29) is 5.75 Å². The number of para-hydroxylation sites is 1. The van der Waals surface area contributed by atoms with Gasteiger partial charge in [0.2, 0.25) is 5.75 Å². The SMILES string of the molecule is COc1cc2c(cc1NC(=O)COc1cccnc1[N+](=O)[O-])oc1ccccc12. The molecule has 29 heavy (non-hydrogen) atoms. The number of furan rings is 1. The van der Waals surface area contributed by atoms with E-state index in [9.17, 15) is 14.9 Å². The molecule has 0 fully saturated rings. The summed E-state index contributed by atoms with van der Waals surface area (Å²) < 4.78 is 16.5. The standard InChI is InChI=1S/C20H15N3O6/c1-27-18-9-13-12-5-2-3-6-15(12)29-17(13)10-14(18)22-19(24)11-28-16-7-4-8-21-20(16)23(25)26/h2-10H,11H2,1H3,(H,22,24). The van der Waals surface area contributed by atoms with Crippen molar-refractivity contribution >= 4 is 39.4 Å². The molecule has 9 nitrogen and oxygen atoms in total. The Morgan fingerprint density at radius 2 is 1.97 bits per heavy atom.